The Morgan fingerprint density at radius 1 is 1.00 bits per heavy atom. The second-order valence-corrected chi connectivity index (χ2v) is 7.11. The molecule has 3 aromatic carbocycles. The fourth-order valence-corrected chi connectivity index (χ4v) is 3.53. The zero-order chi connectivity index (χ0) is 21.6. The van der Waals surface area contributed by atoms with Crippen LogP contribution >= 0.6 is 0 Å². The van der Waals surface area contributed by atoms with E-state index in [0.717, 1.165) is 34.0 Å². The van der Waals surface area contributed by atoms with Crippen LogP contribution in [0, 0.1) is 11.8 Å². The summed E-state index contributed by atoms with van der Waals surface area (Å²) in [6, 6.07) is 23.5. The van der Waals surface area contributed by atoms with Gasteiger partial charge < -0.3 is 19.5 Å². The smallest absolute Gasteiger partial charge is 0.333 e. The fourth-order valence-electron chi connectivity index (χ4n) is 3.53. The minimum Gasteiger partial charge on any atom is -0.479 e. The summed E-state index contributed by atoms with van der Waals surface area (Å²) >= 11 is 0. The number of anilines is 2. The summed E-state index contributed by atoms with van der Waals surface area (Å²) in [6.45, 7) is 2.68. The van der Waals surface area contributed by atoms with Gasteiger partial charge in [-0.2, -0.15) is 0 Å². The lowest BCUT2D eigenvalue weighted by molar-refractivity contribution is -0.149. The van der Waals surface area contributed by atoms with Gasteiger partial charge in [-0.05, 0) is 48.9 Å². The van der Waals surface area contributed by atoms with Crippen molar-refractivity contribution in [1.82, 2.24) is 0 Å². The Balaban J connectivity index is 1.49. The van der Waals surface area contributed by atoms with E-state index in [4.69, 9.17) is 9.47 Å². The maximum Gasteiger partial charge on any atom is 0.333 e. The summed E-state index contributed by atoms with van der Waals surface area (Å²) in [4.78, 5) is 13.4. The Morgan fingerprint density at radius 3 is 2.19 bits per heavy atom. The van der Waals surface area contributed by atoms with Gasteiger partial charge in [0, 0.05) is 18.6 Å². The normalized spacial score (nSPS) is 12.6. The number of aliphatic carboxylic acids is 1. The summed E-state index contributed by atoms with van der Waals surface area (Å²) < 4.78 is 11.3. The van der Waals surface area contributed by atoms with Crippen molar-refractivity contribution in [3.8, 4) is 23.3 Å². The lowest BCUT2D eigenvalue weighted by Crippen LogP contribution is -2.26. The SMILES string of the molecule is CCOC(Cc1ccc(C#CCN2c3ccccc3Oc3ccccc32)cc1)C(=O)O. The van der Waals surface area contributed by atoms with Crippen LogP contribution in [0.25, 0.3) is 0 Å². The van der Waals surface area contributed by atoms with Crippen molar-refractivity contribution in [3.63, 3.8) is 0 Å². The molecule has 3 aromatic rings. The number of hydrogen-bond acceptors (Lipinski definition) is 4. The van der Waals surface area contributed by atoms with Crippen molar-refractivity contribution in [1.29, 1.82) is 0 Å². The molecule has 4 rings (SSSR count). The number of carboxylic acids is 1. The van der Waals surface area contributed by atoms with E-state index in [2.05, 4.69) is 16.7 Å². The minimum atomic E-state index is -0.947. The highest BCUT2D eigenvalue weighted by atomic mass is 16.5. The van der Waals surface area contributed by atoms with Crippen molar-refractivity contribution in [3.05, 3.63) is 83.9 Å². The first-order chi connectivity index (χ1) is 15.2. The Bertz CT molecular complexity index is 1080. The van der Waals surface area contributed by atoms with Crippen molar-refractivity contribution >= 4 is 17.3 Å². The number of para-hydroxylation sites is 4. The lowest BCUT2D eigenvalue weighted by atomic mass is 10.1. The standard InChI is InChI=1S/C26H23NO4/c1-2-30-25(26(28)29)18-20-15-13-19(14-16-20)8-7-17-27-21-9-3-5-11-23(21)31-24-12-6-4-10-22(24)27/h3-6,9-16,25H,2,17-18H2,1H3,(H,28,29). The molecular formula is C26H23NO4. The number of hydrogen-bond donors (Lipinski definition) is 1. The van der Waals surface area contributed by atoms with Crippen LogP contribution in [0.2, 0.25) is 0 Å². The van der Waals surface area contributed by atoms with E-state index >= 15 is 0 Å². The van der Waals surface area contributed by atoms with Crippen LogP contribution in [0.15, 0.2) is 72.8 Å². The number of ether oxygens (including phenoxy) is 2. The van der Waals surface area contributed by atoms with Gasteiger partial charge in [-0.1, -0.05) is 48.2 Å². The highest BCUT2D eigenvalue weighted by Crippen LogP contribution is 2.45. The minimum absolute atomic E-state index is 0.332. The molecule has 0 saturated carbocycles. The molecule has 1 aliphatic heterocycles. The summed E-state index contributed by atoms with van der Waals surface area (Å²) in [7, 11) is 0. The number of carboxylic acid groups (broad SMARTS) is 1. The monoisotopic (exact) mass is 413 g/mol. The molecule has 0 spiro atoms. The largest absolute Gasteiger partial charge is 0.479 e. The number of carbonyl (C=O) groups is 1. The van der Waals surface area contributed by atoms with Crippen molar-refractivity contribution < 1.29 is 19.4 Å². The van der Waals surface area contributed by atoms with Crippen LogP contribution in [0.1, 0.15) is 18.1 Å². The molecule has 1 atom stereocenters. The molecule has 5 heteroatoms. The van der Waals surface area contributed by atoms with Gasteiger partial charge in [-0.25, -0.2) is 4.79 Å². The number of nitrogens with zero attached hydrogens (tertiary/aromatic N) is 1. The van der Waals surface area contributed by atoms with Gasteiger partial charge in [0.05, 0.1) is 17.9 Å². The zero-order valence-corrected chi connectivity index (χ0v) is 17.2. The molecule has 0 fully saturated rings. The topological polar surface area (TPSA) is 59.0 Å². The molecule has 0 radical (unpaired) electrons. The third kappa shape index (κ3) is 4.71. The van der Waals surface area contributed by atoms with E-state index < -0.39 is 12.1 Å². The Hall–Kier alpha value is -3.75. The predicted octanol–water partition coefficient (Wildman–Crippen LogP) is 5.01. The van der Waals surface area contributed by atoms with Crippen LogP contribution in [0.3, 0.4) is 0 Å². The van der Waals surface area contributed by atoms with Gasteiger partial charge in [0.2, 0.25) is 0 Å². The fraction of sp³-hybridized carbons (Fsp3) is 0.192. The number of fused-ring (bicyclic) bond motifs is 2. The number of rotatable bonds is 6. The van der Waals surface area contributed by atoms with Crippen LogP contribution < -0.4 is 9.64 Å². The molecular weight excluding hydrogens is 390 g/mol. The Morgan fingerprint density at radius 2 is 1.61 bits per heavy atom. The maximum absolute atomic E-state index is 11.3. The van der Waals surface area contributed by atoms with Gasteiger partial charge in [0.25, 0.3) is 0 Å². The molecule has 31 heavy (non-hydrogen) atoms. The molecule has 156 valence electrons. The van der Waals surface area contributed by atoms with Crippen molar-refractivity contribution in [2.45, 2.75) is 19.4 Å². The second kappa shape index (κ2) is 9.38. The van der Waals surface area contributed by atoms with Crippen molar-refractivity contribution in [2.75, 3.05) is 18.1 Å². The van der Waals surface area contributed by atoms with E-state index in [0.29, 0.717) is 19.6 Å². The average molecular weight is 413 g/mol. The first-order valence-electron chi connectivity index (χ1n) is 10.2. The zero-order valence-electron chi connectivity index (χ0n) is 17.2. The molecule has 5 nitrogen and oxygen atoms in total. The predicted molar refractivity (Wildman–Crippen MR) is 120 cm³/mol. The highest BCUT2D eigenvalue weighted by Gasteiger charge is 2.22. The summed E-state index contributed by atoms with van der Waals surface area (Å²) in [5.74, 6) is 7.14. The highest BCUT2D eigenvalue weighted by molar-refractivity contribution is 5.78. The molecule has 1 heterocycles. The maximum atomic E-state index is 11.3. The first kappa shape index (κ1) is 20.5. The van der Waals surface area contributed by atoms with Gasteiger partial charge >= 0.3 is 5.97 Å². The summed E-state index contributed by atoms with van der Waals surface area (Å²) in [6.07, 6.45) is -0.499. The third-order valence-corrected chi connectivity index (χ3v) is 5.02. The quantitative estimate of drug-likeness (QED) is 0.576. The lowest BCUT2D eigenvalue weighted by Gasteiger charge is -2.31. The van der Waals surface area contributed by atoms with E-state index in [1.165, 1.54) is 0 Å². The van der Waals surface area contributed by atoms with Crippen LogP contribution in [-0.4, -0.2) is 30.3 Å². The molecule has 0 aromatic heterocycles. The van der Waals surface area contributed by atoms with Crippen LogP contribution in [0.5, 0.6) is 11.5 Å². The average Bonchev–Trinajstić information content (AvgIpc) is 2.79. The van der Waals surface area contributed by atoms with E-state index in [-0.39, 0.29) is 0 Å². The number of benzene rings is 3. The molecule has 1 aliphatic rings. The molecule has 0 bridgehead atoms. The summed E-state index contributed by atoms with van der Waals surface area (Å²) in [5.41, 5.74) is 3.76. The third-order valence-electron chi connectivity index (χ3n) is 5.02. The van der Waals surface area contributed by atoms with Gasteiger partial charge in [0.1, 0.15) is 0 Å². The van der Waals surface area contributed by atoms with Gasteiger partial charge in [-0.3, -0.25) is 0 Å². The van der Waals surface area contributed by atoms with Gasteiger partial charge in [-0.15, -0.1) is 0 Å². The summed E-state index contributed by atoms with van der Waals surface area (Å²) in [5, 5.41) is 9.24. The van der Waals surface area contributed by atoms with Gasteiger partial charge in [0.15, 0.2) is 17.6 Å². The van der Waals surface area contributed by atoms with E-state index in [1.54, 1.807) is 6.92 Å². The van der Waals surface area contributed by atoms with Crippen LogP contribution in [0.4, 0.5) is 11.4 Å². The Labute approximate surface area is 181 Å². The molecule has 0 saturated heterocycles. The molecule has 0 amide bonds. The molecule has 0 aliphatic carbocycles. The molecule has 1 N–H and O–H groups in total. The Kier molecular flexibility index (Phi) is 6.21. The second-order valence-electron chi connectivity index (χ2n) is 7.11. The molecule has 1 unspecified atom stereocenters. The van der Waals surface area contributed by atoms with Crippen LogP contribution in [-0.2, 0) is 16.0 Å². The van der Waals surface area contributed by atoms with E-state index in [1.807, 2.05) is 72.8 Å². The van der Waals surface area contributed by atoms with Crippen molar-refractivity contribution in [2.24, 2.45) is 0 Å². The van der Waals surface area contributed by atoms with E-state index in [9.17, 15) is 9.90 Å². The first-order valence-corrected chi connectivity index (χ1v) is 10.2.